The minimum absolute atomic E-state index is 0.112. The van der Waals surface area contributed by atoms with Crippen molar-refractivity contribution in [3.8, 4) is 23.0 Å². The zero-order valence-corrected chi connectivity index (χ0v) is 24.4. The SMILES string of the molecule is CCOC(=O)C1=C(C)N=c2s/c(=C\c3cc(OC)c(O)c([N+](=O)[O-])c3)c(=O)n2[C@@H]1c1cc(OC)c(OC)cc1Br. The van der Waals surface area contributed by atoms with E-state index < -0.39 is 33.9 Å². The zero-order valence-electron chi connectivity index (χ0n) is 22.0. The summed E-state index contributed by atoms with van der Waals surface area (Å²) in [6.07, 6.45) is 1.43. The Bertz CT molecular complexity index is 1740. The summed E-state index contributed by atoms with van der Waals surface area (Å²) in [5.41, 5.74) is 0.210. The van der Waals surface area contributed by atoms with Gasteiger partial charge in [0, 0.05) is 10.5 Å². The lowest BCUT2D eigenvalue weighted by atomic mass is 9.95. The van der Waals surface area contributed by atoms with Crippen LogP contribution in [-0.4, -0.2) is 48.5 Å². The van der Waals surface area contributed by atoms with Gasteiger partial charge in [-0.25, -0.2) is 9.79 Å². The lowest BCUT2D eigenvalue weighted by Gasteiger charge is -2.26. The summed E-state index contributed by atoms with van der Waals surface area (Å²) in [6, 6.07) is 4.89. The maximum Gasteiger partial charge on any atom is 0.338 e. The Kier molecular flexibility index (Phi) is 8.30. The van der Waals surface area contributed by atoms with Gasteiger partial charge < -0.3 is 24.1 Å². The summed E-state index contributed by atoms with van der Waals surface area (Å²) >= 11 is 4.58. The molecule has 0 bridgehead atoms. The van der Waals surface area contributed by atoms with Gasteiger partial charge in [0.2, 0.25) is 5.75 Å². The van der Waals surface area contributed by atoms with Gasteiger partial charge in [0.05, 0.1) is 54.7 Å². The predicted molar refractivity (Wildman–Crippen MR) is 149 cm³/mol. The van der Waals surface area contributed by atoms with Crippen molar-refractivity contribution < 1.29 is 33.8 Å². The van der Waals surface area contributed by atoms with Crippen LogP contribution in [0.2, 0.25) is 0 Å². The molecule has 0 saturated heterocycles. The lowest BCUT2D eigenvalue weighted by molar-refractivity contribution is -0.386. The second-order valence-corrected chi connectivity index (χ2v) is 10.2. The fraction of sp³-hybridized carbons (Fsp3) is 0.269. The largest absolute Gasteiger partial charge is 0.500 e. The van der Waals surface area contributed by atoms with E-state index in [1.807, 2.05) is 0 Å². The zero-order chi connectivity index (χ0) is 29.3. The third-order valence-corrected chi connectivity index (χ3v) is 7.78. The molecule has 3 aromatic rings. The number of allylic oxidation sites excluding steroid dienone is 1. The van der Waals surface area contributed by atoms with Gasteiger partial charge in [-0.15, -0.1) is 0 Å². The Morgan fingerprint density at radius 2 is 1.82 bits per heavy atom. The van der Waals surface area contributed by atoms with E-state index in [1.165, 1.54) is 38.0 Å². The van der Waals surface area contributed by atoms with Gasteiger partial charge in [-0.3, -0.25) is 19.5 Å². The van der Waals surface area contributed by atoms with Gasteiger partial charge in [-0.05, 0) is 49.2 Å². The summed E-state index contributed by atoms with van der Waals surface area (Å²) in [5.74, 6) is -0.570. The number of halogens is 1. The third-order valence-electron chi connectivity index (χ3n) is 6.11. The molecule has 1 aliphatic heterocycles. The fourth-order valence-electron chi connectivity index (χ4n) is 4.31. The number of methoxy groups -OCH3 is 3. The number of nitrogens with zero attached hydrogens (tertiary/aromatic N) is 3. The highest BCUT2D eigenvalue weighted by Gasteiger charge is 2.35. The Labute approximate surface area is 239 Å². The molecule has 0 saturated carbocycles. The number of thiazole rings is 1. The van der Waals surface area contributed by atoms with Crippen LogP contribution in [0.4, 0.5) is 5.69 Å². The number of phenolic OH excluding ortho intramolecular Hbond substituents is 1. The molecule has 0 fully saturated rings. The van der Waals surface area contributed by atoms with Gasteiger partial charge in [0.1, 0.15) is 0 Å². The van der Waals surface area contributed by atoms with Gasteiger partial charge in [-0.1, -0.05) is 27.3 Å². The molecule has 2 heterocycles. The van der Waals surface area contributed by atoms with Crippen molar-refractivity contribution in [3.63, 3.8) is 0 Å². The third kappa shape index (κ3) is 5.07. The molecule has 2 aromatic carbocycles. The summed E-state index contributed by atoms with van der Waals surface area (Å²) < 4.78 is 23.4. The number of carbonyl (C=O) groups is 1. The number of benzene rings is 2. The van der Waals surface area contributed by atoms with Crippen LogP contribution in [0.1, 0.15) is 31.0 Å². The number of carbonyl (C=O) groups excluding carboxylic acids is 1. The Hall–Kier alpha value is -4.17. The highest BCUT2D eigenvalue weighted by molar-refractivity contribution is 9.10. The van der Waals surface area contributed by atoms with E-state index in [9.17, 15) is 24.8 Å². The predicted octanol–water partition coefficient (Wildman–Crippen LogP) is 3.20. The molecule has 1 aromatic heterocycles. The number of aromatic nitrogens is 1. The molecule has 40 heavy (non-hydrogen) atoms. The Morgan fingerprint density at radius 1 is 1.18 bits per heavy atom. The molecule has 0 spiro atoms. The van der Waals surface area contributed by atoms with E-state index in [-0.39, 0.29) is 28.0 Å². The van der Waals surface area contributed by atoms with Crippen LogP contribution in [0.15, 0.2) is 49.8 Å². The second-order valence-electron chi connectivity index (χ2n) is 8.38. The highest BCUT2D eigenvalue weighted by atomic mass is 79.9. The van der Waals surface area contributed by atoms with Gasteiger partial charge in [0.25, 0.3) is 5.56 Å². The van der Waals surface area contributed by atoms with E-state index in [0.717, 1.165) is 17.4 Å². The summed E-state index contributed by atoms with van der Waals surface area (Å²) in [6.45, 7) is 3.44. The average molecular weight is 634 g/mol. The second kappa shape index (κ2) is 11.5. The first-order valence-electron chi connectivity index (χ1n) is 11.7. The molecule has 1 atom stereocenters. The Balaban J connectivity index is 2.02. The molecule has 1 N–H and O–H groups in total. The van der Waals surface area contributed by atoms with E-state index >= 15 is 0 Å². The van der Waals surface area contributed by atoms with E-state index in [0.29, 0.717) is 32.0 Å². The first kappa shape index (κ1) is 28.8. The van der Waals surface area contributed by atoms with Crippen molar-refractivity contribution in [3.05, 3.63) is 80.9 Å². The summed E-state index contributed by atoms with van der Waals surface area (Å²) in [4.78, 5) is 42.6. The number of esters is 1. The molecule has 0 aliphatic carbocycles. The molecule has 0 amide bonds. The number of nitro groups is 1. The molecule has 210 valence electrons. The number of ether oxygens (including phenoxy) is 4. The lowest BCUT2D eigenvalue weighted by Crippen LogP contribution is -2.40. The number of fused-ring (bicyclic) bond motifs is 1. The smallest absolute Gasteiger partial charge is 0.338 e. The minimum atomic E-state index is -0.949. The fourth-order valence-corrected chi connectivity index (χ4v) is 5.89. The minimum Gasteiger partial charge on any atom is -0.500 e. The number of rotatable bonds is 8. The molecule has 14 heteroatoms. The number of nitro benzene ring substituents is 1. The molecular formula is C26H24BrN3O9S. The molecule has 12 nitrogen and oxygen atoms in total. The number of hydrogen-bond donors (Lipinski definition) is 1. The van der Waals surface area contributed by atoms with Crippen LogP contribution in [0.5, 0.6) is 23.0 Å². The highest BCUT2D eigenvalue weighted by Crippen LogP contribution is 2.41. The van der Waals surface area contributed by atoms with Crippen LogP contribution in [0, 0.1) is 10.1 Å². The van der Waals surface area contributed by atoms with Crippen molar-refractivity contribution in [2.24, 2.45) is 4.99 Å². The molecule has 0 radical (unpaired) electrons. The molecular weight excluding hydrogens is 610 g/mol. The monoisotopic (exact) mass is 633 g/mol. The number of phenols is 1. The van der Waals surface area contributed by atoms with Crippen molar-refractivity contribution >= 4 is 45.0 Å². The van der Waals surface area contributed by atoms with Gasteiger partial charge >= 0.3 is 11.7 Å². The van der Waals surface area contributed by atoms with Crippen molar-refractivity contribution in [1.29, 1.82) is 0 Å². The van der Waals surface area contributed by atoms with Crippen LogP contribution < -0.4 is 29.1 Å². The van der Waals surface area contributed by atoms with Crippen LogP contribution in [-0.2, 0) is 9.53 Å². The molecule has 4 rings (SSSR count). The van der Waals surface area contributed by atoms with Crippen LogP contribution >= 0.6 is 27.3 Å². The van der Waals surface area contributed by atoms with Crippen molar-refractivity contribution in [2.75, 3.05) is 27.9 Å². The maximum atomic E-state index is 13.9. The van der Waals surface area contributed by atoms with E-state index in [2.05, 4.69) is 20.9 Å². The van der Waals surface area contributed by atoms with Crippen LogP contribution in [0.3, 0.4) is 0 Å². The number of aromatic hydroxyl groups is 1. The average Bonchev–Trinajstić information content (AvgIpc) is 3.22. The van der Waals surface area contributed by atoms with Crippen molar-refractivity contribution in [1.82, 2.24) is 4.57 Å². The van der Waals surface area contributed by atoms with E-state index in [4.69, 9.17) is 18.9 Å². The molecule has 0 unspecified atom stereocenters. The first-order valence-corrected chi connectivity index (χ1v) is 13.3. The van der Waals surface area contributed by atoms with Crippen LogP contribution in [0.25, 0.3) is 6.08 Å². The maximum absolute atomic E-state index is 13.9. The quantitative estimate of drug-likeness (QED) is 0.224. The summed E-state index contributed by atoms with van der Waals surface area (Å²) in [7, 11) is 4.22. The standard InChI is InChI=1S/C26H24BrN3O9S/c1-6-39-25(33)21-12(2)28-26-29(22(21)14-10-17(36-3)18(37-4)11-15(14)27)24(32)20(40-26)9-13-7-16(30(34)35)23(31)19(8-13)38-5/h7-11,22,31H,6H2,1-5H3/b20-9-/t22-/m1/s1. The molecule has 1 aliphatic rings. The summed E-state index contributed by atoms with van der Waals surface area (Å²) in [5, 5.41) is 21.6. The topological polar surface area (TPSA) is 152 Å². The Morgan fingerprint density at radius 3 is 2.42 bits per heavy atom. The van der Waals surface area contributed by atoms with E-state index in [1.54, 1.807) is 26.0 Å². The first-order chi connectivity index (χ1) is 19.1. The number of hydrogen-bond acceptors (Lipinski definition) is 11. The van der Waals surface area contributed by atoms with Crippen molar-refractivity contribution in [2.45, 2.75) is 19.9 Å². The normalized spacial score (nSPS) is 14.8. The van der Waals surface area contributed by atoms with Gasteiger partial charge in [-0.2, -0.15) is 0 Å². The van der Waals surface area contributed by atoms with Gasteiger partial charge in [0.15, 0.2) is 22.0 Å².